The van der Waals surface area contributed by atoms with E-state index < -0.39 is 10.8 Å². The Hall–Kier alpha value is -1.44. The lowest BCUT2D eigenvalue weighted by molar-refractivity contribution is -0.0393. The molecular weight excluding hydrogens is 556 g/mol. The molecule has 6 nitrogen and oxygen atoms in total. The predicted octanol–water partition coefficient (Wildman–Crippen LogP) is 6.91. The van der Waals surface area contributed by atoms with Gasteiger partial charge in [-0.15, -0.1) is 0 Å². The summed E-state index contributed by atoms with van der Waals surface area (Å²) in [5.41, 5.74) is 2.81. The van der Waals surface area contributed by atoms with Crippen LogP contribution >= 0.6 is 0 Å². The summed E-state index contributed by atoms with van der Waals surface area (Å²) in [4.78, 5) is 17.8. The third-order valence-electron chi connectivity index (χ3n) is 12.3. The number of benzene rings is 1. The highest BCUT2D eigenvalue weighted by Crippen LogP contribution is 2.62. The highest BCUT2D eigenvalue weighted by Gasteiger charge is 2.56. The zero-order valence-corrected chi connectivity index (χ0v) is 27.6. The van der Waals surface area contributed by atoms with Crippen LogP contribution in [0, 0.1) is 23.2 Å². The Labute approximate surface area is 262 Å². The number of nitrogens with zero attached hydrogens (tertiary/aromatic N) is 2. The van der Waals surface area contributed by atoms with Crippen LogP contribution in [0.4, 0.5) is 4.79 Å². The first-order chi connectivity index (χ1) is 20.9. The van der Waals surface area contributed by atoms with E-state index in [-0.39, 0.29) is 17.6 Å². The SMILES string of the molecule is CCCCS(=O)CCC[C@@H]1Cc2cc(OC(=O)N3CCC(N4CCCCC4)CC3)ccc2[C@H]2CC[C@]3(C)[C@@H](O)CC[C@H]3[C@H]12. The second-order valence-electron chi connectivity index (χ2n) is 14.8. The van der Waals surface area contributed by atoms with Crippen molar-refractivity contribution in [1.29, 1.82) is 0 Å². The van der Waals surface area contributed by atoms with Crippen LogP contribution in [0.5, 0.6) is 5.75 Å². The van der Waals surface area contributed by atoms with Crippen LogP contribution < -0.4 is 4.74 Å². The highest BCUT2D eigenvalue weighted by molar-refractivity contribution is 7.84. The molecule has 1 aromatic carbocycles. The van der Waals surface area contributed by atoms with Crippen molar-refractivity contribution < 1.29 is 18.8 Å². The lowest BCUT2D eigenvalue weighted by atomic mass is 9.52. The molecular formula is C36H56N2O4S. The zero-order chi connectivity index (χ0) is 30.0. The molecule has 0 aromatic heterocycles. The number of ether oxygens (including phenoxy) is 1. The number of carbonyl (C=O) groups is 1. The minimum absolute atomic E-state index is 0.0256. The molecule has 1 N–H and O–H groups in total. The average Bonchev–Trinajstić information content (AvgIpc) is 3.34. The lowest BCUT2D eigenvalue weighted by Gasteiger charge is -2.53. The Balaban J connectivity index is 1.13. The Morgan fingerprint density at radius 3 is 2.56 bits per heavy atom. The fourth-order valence-corrected chi connectivity index (χ4v) is 11.2. The summed E-state index contributed by atoms with van der Waals surface area (Å²) in [5, 5.41) is 11.0. The van der Waals surface area contributed by atoms with E-state index in [0.717, 1.165) is 95.2 Å². The third-order valence-corrected chi connectivity index (χ3v) is 13.8. The van der Waals surface area contributed by atoms with Gasteiger partial charge in [0, 0.05) is 41.4 Å². The van der Waals surface area contributed by atoms with Crippen LogP contribution in [0.1, 0.15) is 114 Å². The summed E-state index contributed by atoms with van der Waals surface area (Å²) in [6.45, 7) is 8.49. The summed E-state index contributed by atoms with van der Waals surface area (Å²) in [7, 11) is -0.720. The summed E-state index contributed by atoms with van der Waals surface area (Å²) in [5.74, 6) is 4.45. The van der Waals surface area contributed by atoms with E-state index in [2.05, 4.69) is 30.9 Å². The van der Waals surface area contributed by atoms with Gasteiger partial charge in [-0.05, 0) is 142 Å². The van der Waals surface area contributed by atoms with Gasteiger partial charge in [0.2, 0.25) is 0 Å². The number of carbonyl (C=O) groups excluding carboxylic acids is 1. The molecule has 0 spiro atoms. The summed E-state index contributed by atoms with van der Waals surface area (Å²) < 4.78 is 18.6. The van der Waals surface area contributed by atoms with E-state index in [1.165, 1.54) is 43.5 Å². The third kappa shape index (κ3) is 6.74. The first-order valence-electron chi connectivity index (χ1n) is 17.7. The van der Waals surface area contributed by atoms with Gasteiger partial charge < -0.3 is 19.6 Å². The zero-order valence-electron chi connectivity index (χ0n) is 26.8. The van der Waals surface area contributed by atoms with Crippen molar-refractivity contribution in [2.24, 2.45) is 23.2 Å². The van der Waals surface area contributed by atoms with E-state index in [0.29, 0.717) is 35.5 Å². The molecule has 0 radical (unpaired) electrons. The molecule has 1 unspecified atom stereocenters. The van der Waals surface area contributed by atoms with Crippen molar-refractivity contribution in [2.45, 2.75) is 122 Å². The minimum atomic E-state index is -0.720. The normalized spacial score (nSPS) is 33.8. The molecule has 2 heterocycles. The Kier molecular flexibility index (Phi) is 10.2. The number of amides is 1. The Morgan fingerprint density at radius 2 is 1.79 bits per heavy atom. The number of fused-ring (bicyclic) bond motifs is 5. The largest absolute Gasteiger partial charge is 0.415 e. The van der Waals surface area contributed by atoms with Crippen molar-refractivity contribution in [3.63, 3.8) is 0 Å². The van der Waals surface area contributed by atoms with Crippen molar-refractivity contribution in [3.05, 3.63) is 29.3 Å². The lowest BCUT2D eigenvalue weighted by Crippen LogP contribution is -2.48. The quantitative estimate of drug-likeness (QED) is 0.328. The number of aliphatic hydroxyl groups is 1. The second kappa shape index (κ2) is 13.9. The molecule has 3 aliphatic carbocycles. The van der Waals surface area contributed by atoms with Gasteiger partial charge in [-0.25, -0.2) is 4.79 Å². The van der Waals surface area contributed by atoms with Crippen molar-refractivity contribution in [1.82, 2.24) is 9.80 Å². The van der Waals surface area contributed by atoms with Crippen molar-refractivity contribution in [3.8, 4) is 5.75 Å². The summed E-state index contributed by atoms with van der Waals surface area (Å²) in [6, 6.07) is 7.05. The molecule has 1 amide bonds. The Bertz CT molecular complexity index is 1130. The van der Waals surface area contributed by atoms with Gasteiger partial charge in [0.15, 0.2) is 0 Å². The molecule has 6 rings (SSSR count). The number of unbranched alkanes of at least 4 members (excludes halogenated alkanes) is 1. The molecule has 2 saturated heterocycles. The number of piperidine rings is 2. The molecule has 240 valence electrons. The molecule has 7 heteroatoms. The maximum Gasteiger partial charge on any atom is 0.415 e. The second-order valence-corrected chi connectivity index (χ2v) is 16.5. The first-order valence-corrected chi connectivity index (χ1v) is 19.2. The molecule has 5 aliphatic rings. The van der Waals surface area contributed by atoms with E-state index >= 15 is 0 Å². The van der Waals surface area contributed by atoms with Gasteiger partial charge in [-0.1, -0.05) is 32.8 Å². The van der Waals surface area contributed by atoms with Crippen LogP contribution in [0.25, 0.3) is 0 Å². The van der Waals surface area contributed by atoms with Gasteiger partial charge >= 0.3 is 6.09 Å². The van der Waals surface area contributed by atoms with E-state index in [1.54, 1.807) is 0 Å². The summed E-state index contributed by atoms with van der Waals surface area (Å²) >= 11 is 0. The molecule has 0 bridgehead atoms. The molecule has 43 heavy (non-hydrogen) atoms. The van der Waals surface area contributed by atoms with Gasteiger partial charge in [-0.3, -0.25) is 4.21 Å². The van der Waals surface area contributed by atoms with Crippen LogP contribution in [0.3, 0.4) is 0 Å². The smallest absolute Gasteiger partial charge is 0.410 e. The van der Waals surface area contributed by atoms with Gasteiger partial charge in [-0.2, -0.15) is 0 Å². The van der Waals surface area contributed by atoms with E-state index in [9.17, 15) is 14.1 Å². The number of hydrogen-bond acceptors (Lipinski definition) is 5. The van der Waals surface area contributed by atoms with Crippen molar-refractivity contribution >= 4 is 16.9 Å². The molecule has 2 saturated carbocycles. The standard InChI is InChI=1S/C36H56N2O4S/c1-3-4-22-43(41)23-8-9-26-24-27-25-29(42-35(40)38-20-15-28(16-21-38)37-18-6-5-7-19-37)10-11-30(27)31-14-17-36(2)32(34(26)31)12-13-33(36)39/h10-11,25-26,28,31-34,39H,3-9,12-24H2,1-2H3/t26-,31-,32+,33+,34-,36+,43?/m1/s1. The van der Waals surface area contributed by atoms with Crippen LogP contribution in [-0.4, -0.2) is 75.0 Å². The van der Waals surface area contributed by atoms with Crippen molar-refractivity contribution in [2.75, 3.05) is 37.7 Å². The van der Waals surface area contributed by atoms with Crippen LogP contribution in [0.15, 0.2) is 18.2 Å². The fraction of sp³-hybridized carbons (Fsp3) is 0.806. The average molecular weight is 613 g/mol. The summed E-state index contributed by atoms with van der Waals surface area (Å²) in [6.07, 6.45) is 15.2. The highest BCUT2D eigenvalue weighted by atomic mass is 32.2. The molecule has 2 aliphatic heterocycles. The number of rotatable bonds is 9. The maximum atomic E-state index is 13.2. The molecule has 4 fully saturated rings. The fourth-order valence-electron chi connectivity index (χ4n) is 9.86. The number of hydrogen-bond donors (Lipinski definition) is 1. The van der Waals surface area contributed by atoms with E-state index in [1.807, 2.05) is 11.0 Å². The van der Waals surface area contributed by atoms with Crippen LogP contribution in [0.2, 0.25) is 0 Å². The molecule has 7 atom stereocenters. The minimum Gasteiger partial charge on any atom is -0.410 e. The Morgan fingerprint density at radius 1 is 1.02 bits per heavy atom. The maximum absolute atomic E-state index is 13.2. The van der Waals surface area contributed by atoms with Gasteiger partial charge in [0.25, 0.3) is 0 Å². The van der Waals surface area contributed by atoms with E-state index in [4.69, 9.17) is 4.74 Å². The monoisotopic (exact) mass is 612 g/mol. The van der Waals surface area contributed by atoms with Crippen LogP contribution in [-0.2, 0) is 17.2 Å². The number of likely N-dealkylation sites (tertiary alicyclic amines) is 2. The molecule has 1 aromatic rings. The topological polar surface area (TPSA) is 70.1 Å². The number of aliphatic hydroxyl groups excluding tert-OH is 1. The van der Waals surface area contributed by atoms with Gasteiger partial charge in [0.1, 0.15) is 5.75 Å². The first kappa shape index (κ1) is 31.5. The predicted molar refractivity (Wildman–Crippen MR) is 174 cm³/mol. The van der Waals surface area contributed by atoms with Gasteiger partial charge in [0.05, 0.1) is 6.10 Å².